The lowest BCUT2D eigenvalue weighted by molar-refractivity contribution is -0.0844. The molecule has 0 radical (unpaired) electrons. The van der Waals surface area contributed by atoms with Gasteiger partial charge in [0.05, 0.1) is 5.60 Å². The third-order valence-corrected chi connectivity index (χ3v) is 4.57. The molecule has 0 aromatic rings. The summed E-state index contributed by atoms with van der Waals surface area (Å²) in [6.07, 6.45) is 7.75. The largest absolute Gasteiger partial charge is 0.375 e. The topological polar surface area (TPSA) is 24.5 Å². The summed E-state index contributed by atoms with van der Waals surface area (Å²) in [5.41, 5.74) is 0.0644. The van der Waals surface area contributed by atoms with Gasteiger partial charge in [-0.05, 0) is 59.0 Å². The van der Waals surface area contributed by atoms with Crippen molar-refractivity contribution in [3.63, 3.8) is 0 Å². The molecule has 0 aromatic heterocycles. The minimum absolute atomic E-state index is 0.0644. The maximum atomic E-state index is 5.87. The van der Waals surface area contributed by atoms with E-state index < -0.39 is 0 Å². The quantitative estimate of drug-likeness (QED) is 0.830. The van der Waals surface area contributed by atoms with Crippen LogP contribution in [0.2, 0.25) is 0 Å². The number of hydrogen-bond acceptors (Lipinski definition) is 3. The molecule has 0 amide bonds. The van der Waals surface area contributed by atoms with Crippen LogP contribution in [0, 0.1) is 0 Å². The highest BCUT2D eigenvalue weighted by Gasteiger charge is 2.32. The molecule has 112 valence electrons. The summed E-state index contributed by atoms with van der Waals surface area (Å²) in [7, 11) is 0. The maximum absolute atomic E-state index is 5.87. The predicted molar refractivity (Wildman–Crippen MR) is 80.6 cm³/mol. The van der Waals surface area contributed by atoms with Crippen LogP contribution in [0.15, 0.2) is 0 Å². The molecule has 3 heteroatoms. The average molecular weight is 268 g/mol. The lowest BCUT2D eigenvalue weighted by Gasteiger charge is -2.43. The molecular formula is C16H32N2O. The van der Waals surface area contributed by atoms with E-state index in [0.717, 1.165) is 6.61 Å². The van der Waals surface area contributed by atoms with E-state index in [9.17, 15) is 0 Å². The number of ether oxygens (including phenoxy) is 1. The van der Waals surface area contributed by atoms with Gasteiger partial charge in [0.2, 0.25) is 0 Å². The van der Waals surface area contributed by atoms with Gasteiger partial charge < -0.3 is 10.1 Å². The summed E-state index contributed by atoms with van der Waals surface area (Å²) in [4.78, 5) is 2.73. The first-order chi connectivity index (χ1) is 9.11. The Morgan fingerprint density at radius 1 is 1.26 bits per heavy atom. The molecule has 1 N–H and O–H groups in total. The van der Waals surface area contributed by atoms with Crippen LogP contribution >= 0.6 is 0 Å². The molecule has 2 rings (SSSR count). The molecule has 2 unspecified atom stereocenters. The standard InChI is InChI=1S/C16H32N2O/c1-4-10-18(13-14-7-5-6-9-17-14)15-8-11-19-16(2,3)12-15/h14-15,17H,4-13H2,1-3H3. The van der Waals surface area contributed by atoms with Gasteiger partial charge >= 0.3 is 0 Å². The smallest absolute Gasteiger partial charge is 0.0641 e. The summed E-state index contributed by atoms with van der Waals surface area (Å²) in [6.45, 7) is 11.4. The van der Waals surface area contributed by atoms with E-state index >= 15 is 0 Å². The van der Waals surface area contributed by atoms with Crippen LogP contribution in [0.4, 0.5) is 0 Å². The van der Waals surface area contributed by atoms with Gasteiger partial charge in [0, 0.05) is 25.2 Å². The summed E-state index contributed by atoms with van der Waals surface area (Å²) < 4.78 is 5.87. The second-order valence-corrected chi connectivity index (χ2v) is 6.90. The van der Waals surface area contributed by atoms with Gasteiger partial charge in [-0.15, -0.1) is 0 Å². The Morgan fingerprint density at radius 2 is 2.11 bits per heavy atom. The molecule has 0 aromatic carbocycles. The van der Waals surface area contributed by atoms with Crippen LogP contribution in [0.5, 0.6) is 0 Å². The van der Waals surface area contributed by atoms with Crippen molar-refractivity contribution in [3.05, 3.63) is 0 Å². The molecule has 3 nitrogen and oxygen atoms in total. The van der Waals surface area contributed by atoms with E-state index in [-0.39, 0.29) is 5.60 Å². The highest BCUT2D eigenvalue weighted by molar-refractivity contribution is 4.87. The number of nitrogens with zero attached hydrogens (tertiary/aromatic N) is 1. The van der Waals surface area contributed by atoms with E-state index in [1.807, 2.05) is 0 Å². The van der Waals surface area contributed by atoms with Gasteiger partial charge in [0.15, 0.2) is 0 Å². The summed E-state index contributed by atoms with van der Waals surface area (Å²) in [5.74, 6) is 0. The first-order valence-electron chi connectivity index (χ1n) is 8.22. The predicted octanol–water partition coefficient (Wildman–Crippen LogP) is 2.80. The maximum Gasteiger partial charge on any atom is 0.0641 e. The Labute approximate surface area is 119 Å². The van der Waals surface area contributed by atoms with Crippen molar-refractivity contribution >= 4 is 0 Å². The zero-order valence-electron chi connectivity index (χ0n) is 13.1. The van der Waals surface area contributed by atoms with Crippen molar-refractivity contribution in [1.82, 2.24) is 10.2 Å². The Morgan fingerprint density at radius 3 is 2.74 bits per heavy atom. The molecule has 2 saturated heterocycles. The highest BCUT2D eigenvalue weighted by atomic mass is 16.5. The number of nitrogens with one attached hydrogen (secondary N) is 1. The van der Waals surface area contributed by atoms with Gasteiger partial charge in [-0.1, -0.05) is 13.3 Å². The third-order valence-electron chi connectivity index (χ3n) is 4.57. The van der Waals surface area contributed by atoms with Gasteiger partial charge in [0.1, 0.15) is 0 Å². The fourth-order valence-corrected chi connectivity index (χ4v) is 3.58. The number of hydrogen-bond donors (Lipinski definition) is 1. The van der Waals surface area contributed by atoms with Crippen LogP contribution in [0.3, 0.4) is 0 Å². The Hall–Kier alpha value is -0.120. The first-order valence-corrected chi connectivity index (χ1v) is 8.22. The average Bonchev–Trinajstić information content (AvgIpc) is 2.38. The van der Waals surface area contributed by atoms with Crippen LogP contribution < -0.4 is 5.32 Å². The normalized spacial score (nSPS) is 31.6. The van der Waals surface area contributed by atoms with Crippen molar-refractivity contribution in [2.24, 2.45) is 0 Å². The number of piperidine rings is 1. The summed E-state index contributed by atoms with van der Waals surface area (Å²) in [5, 5.41) is 3.69. The molecule has 2 fully saturated rings. The molecule has 19 heavy (non-hydrogen) atoms. The van der Waals surface area contributed by atoms with Crippen LogP contribution in [-0.4, -0.2) is 48.8 Å². The molecule has 2 atom stereocenters. The molecule has 0 aliphatic carbocycles. The van der Waals surface area contributed by atoms with Crippen LogP contribution in [-0.2, 0) is 4.74 Å². The molecule has 2 heterocycles. The SMILES string of the molecule is CCCN(CC1CCCCN1)C1CCOC(C)(C)C1. The third kappa shape index (κ3) is 4.73. The van der Waals surface area contributed by atoms with Crippen molar-refractivity contribution < 1.29 is 4.74 Å². The van der Waals surface area contributed by atoms with E-state index in [1.165, 1.54) is 58.2 Å². The zero-order valence-corrected chi connectivity index (χ0v) is 13.1. The van der Waals surface area contributed by atoms with E-state index in [1.54, 1.807) is 0 Å². The van der Waals surface area contributed by atoms with E-state index in [4.69, 9.17) is 4.74 Å². The lowest BCUT2D eigenvalue weighted by atomic mass is 9.92. The van der Waals surface area contributed by atoms with E-state index in [2.05, 4.69) is 31.0 Å². The molecule has 2 aliphatic heterocycles. The van der Waals surface area contributed by atoms with Crippen molar-refractivity contribution in [1.29, 1.82) is 0 Å². The minimum Gasteiger partial charge on any atom is -0.375 e. The fraction of sp³-hybridized carbons (Fsp3) is 1.00. The van der Waals surface area contributed by atoms with Gasteiger partial charge in [-0.3, -0.25) is 4.90 Å². The van der Waals surface area contributed by atoms with Crippen molar-refractivity contribution in [3.8, 4) is 0 Å². The Bertz CT molecular complexity index is 261. The molecule has 0 saturated carbocycles. The van der Waals surface area contributed by atoms with E-state index in [0.29, 0.717) is 12.1 Å². The Kier molecular flexibility index (Phi) is 5.67. The second-order valence-electron chi connectivity index (χ2n) is 6.90. The molecule has 2 aliphatic rings. The lowest BCUT2D eigenvalue weighted by Crippen LogP contribution is -2.51. The minimum atomic E-state index is 0.0644. The van der Waals surface area contributed by atoms with Crippen LogP contribution in [0.25, 0.3) is 0 Å². The van der Waals surface area contributed by atoms with Crippen molar-refractivity contribution in [2.75, 3.05) is 26.2 Å². The summed E-state index contributed by atoms with van der Waals surface area (Å²) in [6, 6.07) is 1.43. The highest BCUT2D eigenvalue weighted by Crippen LogP contribution is 2.28. The summed E-state index contributed by atoms with van der Waals surface area (Å²) >= 11 is 0. The van der Waals surface area contributed by atoms with Gasteiger partial charge in [0.25, 0.3) is 0 Å². The number of rotatable bonds is 5. The van der Waals surface area contributed by atoms with Crippen molar-refractivity contribution in [2.45, 2.75) is 77.0 Å². The van der Waals surface area contributed by atoms with Gasteiger partial charge in [-0.25, -0.2) is 0 Å². The molecule has 0 bridgehead atoms. The zero-order chi connectivity index (χ0) is 13.7. The monoisotopic (exact) mass is 268 g/mol. The second kappa shape index (κ2) is 7.05. The van der Waals surface area contributed by atoms with Gasteiger partial charge in [-0.2, -0.15) is 0 Å². The molecule has 0 spiro atoms. The van der Waals surface area contributed by atoms with Crippen LogP contribution in [0.1, 0.15) is 59.3 Å². The fourth-order valence-electron chi connectivity index (χ4n) is 3.58. The first kappa shape index (κ1) is 15.3. The Balaban J connectivity index is 1.90. The molecular weight excluding hydrogens is 236 g/mol.